The van der Waals surface area contributed by atoms with Crippen LogP contribution in [-0.2, 0) is 4.79 Å². The topological polar surface area (TPSA) is 88.0 Å². The summed E-state index contributed by atoms with van der Waals surface area (Å²) in [5.74, 6) is -0.982. The van der Waals surface area contributed by atoms with Gasteiger partial charge in [0.05, 0.1) is 11.2 Å². The maximum Gasteiger partial charge on any atom is 0.265 e. The van der Waals surface area contributed by atoms with Gasteiger partial charge in [0.25, 0.3) is 5.91 Å². The first-order valence-corrected chi connectivity index (χ1v) is 5.42. The zero-order chi connectivity index (χ0) is 12.4. The maximum atomic E-state index is 11.2. The summed E-state index contributed by atoms with van der Waals surface area (Å²) in [5.41, 5.74) is 6.70. The molecule has 0 unspecified atom stereocenters. The molecule has 0 aliphatic carbocycles. The van der Waals surface area contributed by atoms with Crippen LogP contribution in [0.4, 0.5) is 5.69 Å². The van der Waals surface area contributed by atoms with Crippen molar-refractivity contribution in [3.8, 4) is 0 Å². The summed E-state index contributed by atoms with van der Waals surface area (Å²) in [5, 5.41) is 3.43. The Hall–Kier alpha value is -2.01. The number of halogens is 1. The number of carbonyl (C=O) groups is 2. The molecule has 1 aromatic heterocycles. The lowest BCUT2D eigenvalue weighted by Crippen LogP contribution is -2.13. The van der Waals surface area contributed by atoms with Gasteiger partial charge in [0.1, 0.15) is 11.6 Å². The van der Waals surface area contributed by atoms with Gasteiger partial charge in [-0.05, 0) is 12.1 Å². The van der Waals surface area contributed by atoms with Gasteiger partial charge in [-0.15, -0.1) is 11.6 Å². The second kappa shape index (κ2) is 4.47. The summed E-state index contributed by atoms with van der Waals surface area (Å²) < 4.78 is 0. The van der Waals surface area contributed by atoms with E-state index in [9.17, 15) is 9.59 Å². The van der Waals surface area contributed by atoms with Crippen LogP contribution in [0.15, 0.2) is 24.3 Å². The summed E-state index contributed by atoms with van der Waals surface area (Å²) in [7, 11) is 0. The Morgan fingerprint density at radius 1 is 1.41 bits per heavy atom. The van der Waals surface area contributed by atoms with Gasteiger partial charge in [-0.25, -0.2) is 0 Å². The molecule has 0 bridgehead atoms. The number of rotatable bonds is 3. The highest BCUT2D eigenvalue weighted by molar-refractivity contribution is 6.29. The van der Waals surface area contributed by atoms with Crippen molar-refractivity contribution in [2.75, 3.05) is 11.2 Å². The fraction of sp³-hybridized carbons (Fsp3) is 0.0909. The Morgan fingerprint density at radius 3 is 2.82 bits per heavy atom. The molecule has 0 atom stereocenters. The maximum absolute atomic E-state index is 11.2. The number of carbonyl (C=O) groups excluding carboxylic acids is 2. The van der Waals surface area contributed by atoms with Crippen molar-refractivity contribution in [2.24, 2.45) is 5.73 Å². The number of primary amides is 1. The number of hydrogen-bond acceptors (Lipinski definition) is 2. The number of anilines is 1. The molecule has 2 aromatic rings. The van der Waals surface area contributed by atoms with Gasteiger partial charge in [0, 0.05) is 5.39 Å². The van der Waals surface area contributed by atoms with Gasteiger partial charge in [0.15, 0.2) is 0 Å². The van der Waals surface area contributed by atoms with E-state index in [1.54, 1.807) is 18.2 Å². The molecule has 0 fully saturated rings. The molecular weight excluding hydrogens is 242 g/mol. The van der Waals surface area contributed by atoms with Gasteiger partial charge in [-0.3, -0.25) is 9.59 Å². The van der Waals surface area contributed by atoms with E-state index in [4.69, 9.17) is 17.3 Å². The Balaban J connectivity index is 2.49. The predicted octanol–water partition coefficient (Wildman–Crippen LogP) is 1.44. The van der Waals surface area contributed by atoms with Crippen LogP contribution in [0.3, 0.4) is 0 Å². The van der Waals surface area contributed by atoms with Crippen molar-refractivity contribution >= 4 is 40.0 Å². The Labute approximate surface area is 102 Å². The number of para-hydroxylation sites is 1. The van der Waals surface area contributed by atoms with Crippen LogP contribution >= 0.6 is 11.6 Å². The summed E-state index contributed by atoms with van der Waals surface area (Å²) in [6, 6.07) is 6.93. The number of alkyl halides is 1. The molecule has 2 rings (SSSR count). The van der Waals surface area contributed by atoms with E-state index in [0.717, 1.165) is 5.39 Å². The molecule has 0 saturated carbocycles. The summed E-state index contributed by atoms with van der Waals surface area (Å²) >= 11 is 5.41. The summed E-state index contributed by atoms with van der Waals surface area (Å²) in [4.78, 5) is 25.1. The normalized spacial score (nSPS) is 10.4. The van der Waals surface area contributed by atoms with E-state index in [2.05, 4.69) is 10.3 Å². The second-order valence-corrected chi connectivity index (χ2v) is 3.77. The molecule has 0 radical (unpaired) electrons. The minimum atomic E-state index is -0.546. The van der Waals surface area contributed by atoms with Crippen LogP contribution in [0.25, 0.3) is 10.9 Å². The average molecular weight is 252 g/mol. The number of aromatic nitrogens is 1. The fourth-order valence-corrected chi connectivity index (χ4v) is 1.64. The monoisotopic (exact) mass is 251 g/mol. The number of fused-ring (bicyclic) bond motifs is 1. The van der Waals surface area contributed by atoms with Gasteiger partial charge in [-0.1, -0.05) is 12.1 Å². The number of amides is 2. The summed E-state index contributed by atoms with van der Waals surface area (Å²) in [6.45, 7) is 0. The van der Waals surface area contributed by atoms with Gasteiger partial charge in [0.2, 0.25) is 5.91 Å². The third-order valence-corrected chi connectivity index (χ3v) is 2.56. The fourth-order valence-electron chi connectivity index (χ4n) is 1.58. The van der Waals surface area contributed by atoms with Crippen molar-refractivity contribution in [2.45, 2.75) is 0 Å². The smallest absolute Gasteiger partial charge is 0.265 e. The molecular formula is C11H10ClN3O2. The molecule has 6 heteroatoms. The zero-order valence-electron chi connectivity index (χ0n) is 8.79. The lowest BCUT2D eigenvalue weighted by atomic mass is 10.2. The van der Waals surface area contributed by atoms with Gasteiger partial charge >= 0.3 is 0 Å². The van der Waals surface area contributed by atoms with Crippen LogP contribution in [0.2, 0.25) is 0 Å². The molecule has 0 aliphatic rings. The van der Waals surface area contributed by atoms with Gasteiger partial charge < -0.3 is 16.0 Å². The van der Waals surface area contributed by atoms with Gasteiger partial charge in [-0.2, -0.15) is 0 Å². The van der Waals surface area contributed by atoms with Crippen molar-refractivity contribution in [3.05, 3.63) is 30.0 Å². The lowest BCUT2D eigenvalue weighted by molar-refractivity contribution is -0.113. The standard InChI is InChI=1S/C11H10ClN3O2/c12-5-9(16)14-7-3-1-2-6-4-8(11(13)17)15-10(6)7/h1-4,15H,5H2,(H2,13,17)(H,14,16). The van der Waals surface area contributed by atoms with E-state index in [0.29, 0.717) is 16.9 Å². The van der Waals surface area contributed by atoms with E-state index >= 15 is 0 Å². The zero-order valence-corrected chi connectivity index (χ0v) is 9.54. The van der Waals surface area contributed by atoms with Crippen LogP contribution in [-0.4, -0.2) is 22.7 Å². The number of hydrogen-bond donors (Lipinski definition) is 3. The first kappa shape index (κ1) is 11.5. The van der Waals surface area contributed by atoms with E-state index < -0.39 is 5.91 Å². The number of aromatic amines is 1. The van der Waals surface area contributed by atoms with Crippen LogP contribution in [0.5, 0.6) is 0 Å². The predicted molar refractivity (Wildman–Crippen MR) is 66.2 cm³/mol. The highest BCUT2D eigenvalue weighted by atomic mass is 35.5. The van der Waals surface area contributed by atoms with Crippen LogP contribution < -0.4 is 11.1 Å². The minimum absolute atomic E-state index is 0.125. The molecule has 17 heavy (non-hydrogen) atoms. The molecule has 0 saturated heterocycles. The first-order valence-electron chi connectivity index (χ1n) is 4.89. The van der Waals surface area contributed by atoms with Crippen molar-refractivity contribution in [1.29, 1.82) is 0 Å². The third-order valence-electron chi connectivity index (χ3n) is 2.32. The largest absolute Gasteiger partial charge is 0.364 e. The Bertz CT molecular complexity index is 591. The number of H-pyrrole nitrogens is 1. The number of nitrogens with two attached hydrogens (primary N) is 1. The molecule has 1 aromatic carbocycles. The van der Waals surface area contributed by atoms with Crippen molar-refractivity contribution in [1.82, 2.24) is 4.98 Å². The highest BCUT2D eigenvalue weighted by Gasteiger charge is 2.10. The third kappa shape index (κ3) is 2.24. The first-order chi connectivity index (χ1) is 8.11. The minimum Gasteiger partial charge on any atom is -0.364 e. The van der Waals surface area contributed by atoms with Crippen LogP contribution in [0.1, 0.15) is 10.5 Å². The lowest BCUT2D eigenvalue weighted by Gasteiger charge is -2.03. The molecule has 88 valence electrons. The average Bonchev–Trinajstić information content (AvgIpc) is 2.74. The molecule has 1 heterocycles. The van der Waals surface area contributed by atoms with Crippen molar-refractivity contribution in [3.63, 3.8) is 0 Å². The molecule has 4 N–H and O–H groups in total. The SMILES string of the molecule is NC(=O)c1cc2cccc(NC(=O)CCl)c2[nH]1. The van der Waals surface area contributed by atoms with E-state index in [1.165, 1.54) is 0 Å². The van der Waals surface area contributed by atoms with E-state index in [1.807, 2.05) is 6.07 Å². The Kier molecular flexibility index (Phi) is 3.01. The Morgan fingerprint density at radius 2 is 2.18 bits per heavy atom. The molecule has 2 amide bonds. The molecule has 0 spiro atoms. The summed E-state index contributed by atoms with van der Waals surface area (Å²) in [6.07, 6.45) is 0. The highest BCUT2D eigenvalue weighted by Crippen LogP contribution is 2.23. The quantitative estimate of drug-likeness (QED) is 0.721. The van der Waals surface area contributed by atoms with Crippen LogP contribution in [0, 0.1) is 0 Å². The molecule has 0 aliphatic heterocycles. The number of benzene rings is 1. The second-order valence-electron chi connectivity index (χ2n) is 3.50. The van der Waals surface area contributed by atoms with E-state index in [-0.39, 0.29) is 11.8 Å². The van der Waals surface area contributed by atoms with Crippen molar-refractivity contribution < 1.29 is 9.59 Å². The molecule has 5 nitrogen and oxygen atoms in total. The number of nitrogens with one attached hydrogen (secondary N) is 2.